The molecule has 10 nitrogen and oxygen atoms in total. The Morgan fingerprint density at radius 1 is 1.20 bits per heavy atom. The number of fused-ring (bicyclic) bond motifs is 1. The molecule has 0 spiro atoms. The molecule has 1 aliphatic heterocycles. The minimum Gasteiger partial charge on any atom is -0.466 e. The molecule has 0 unspecified atom stereocenters. The minimum absolute atomic E-state index is 0.00371. The number of hydrogen-bond acceptors (Lipinski definition) is 8. The molecule has 1 saturated carbocycles. The molecule has 1 fully saturated rings. The molecule has 45 heavy (non-hydrogen) atoms. The largest absolute Gasteiger partial charge is 0.466 e. The van der Waals surface area contributed by atoms with Crippen LogP contribution in [0.5, 0.6) is 0 Å². The van der Waals surface area contributed by atoms with Crippen LogP contribution in [0, 0.1) is 11.3 Å². The molecule has 13 heteroatoms. The number of H-pyrrole nitrogens is 1. The number of aromatic amines is 1. The van der Waals surface area contributed by atoms with Gasteiger partial charge in [0.05, 0.1) is 36.0 Å². The summed E-state index contributed by atoms with van der Waals surface area (Å²) < 4.78 is 47.3. The normalized spacial score (nSPS) is 20.2. The average Bonchev–Trinajstić information content (AvgIpc) is 3.40. The van der Waals surface area contributed by atoms with Gasteiger partial charge in [-0.1, -0.05) is 12.1 Å². The quantitative estimate of drug-likeness (QED) is 0.342. The van der Waals surface area contributed by atoms with Crippen molar-refractivity contribution in [1.82, 2.24) is 19.7 Å². The van der Waals surface area contributed by atoms with Gasteiger partial charge in [-0.2, -0.15) is 18.4 Å². The number of nitrogens with zero attached hydrogens (tertiary/aromatic N) is 5. The number of carbonyl (C=O) groups excluding carboxylic acids is 1. The van der Waals surface area contributed by atoms with Crippen LogP contribution < -0.4 is 10.6 Å². The number of aryl methyl sites for hydroxylation is 1. The van der Waals surface area contributed by atoms with Gasteiger partial charge in [0.1, 0.15) is 6.04 Å². The van der Waals surface area contributed by atoms with Crippen LogP contribution in [-0.4, -0.2) is 63.6 Å². The lowest BCUT2D eigenvalue weighted by Gasteiger charge is -2.36. The van der Waals surface area contributed by atoms with Crippen LogP contribution >= 0.6 is 0 Å². The molecule has 1 aliphatic carbocycles. The van der Waals surface area contributed by atoms with Crippen molar-refractivity contribution in [3.63, 3.8) is 0 Å². The van der Waals surface area contributed by atoms with Crippen LogP contribution in [0.2, 0.25) is 0 Å². The van der Waals surface area contributed by atoms with Crippen molar-refractivity contribution in [3.05, 3.63) is 86.5 Å². The Morgan fingerprint density at radius 2 is 1.93 bits per heavy atom. The zero-order chi connectivity index (χ0) is 32.5. The predicted octanol–water partition coefficient (Wildman–Crippen LogP) is 4.82. The molecular weight excluding hydrogens is 589 g/mol. The SMILES string of the molecule is COC(=O)C1=C(C)N(c2cccc(C(F)(F)F)c2)c2n[nH]c(=O)n2[C@@H]1c1ccc(C#N)cc1CCCN(C)C1CCC(O)CC1. The van der Waals surface area contributed by atoms with E-state index < -0.39 is 29.4 Å². The number of carbonyl (C=O) groups is 1. The number of aliphatic hydroxyl groups excluding tert-OH is 1. The molecule has 2 N–H and O–H groups in total. The third-order valence-corrected chi connectivity index (χ3v) is 8.79. The van der Waals surface area contributed by atoms with E-state index in [2.05, 4.69) is 28.2 Å². The van der Waals surface area contributed by atoms with Gasteiger partial charge in [0.25, 0.3) is 0 Å². The molecule has 5 rings (SSSR count). The number of aliphatic hydroxyl groups is 1. The maximum absolute atomic E-state index is 13.6. The number of benzene rings is 2. The number of nitriles is 1. The first-order chi connectivity index (χ1) is 21.4. The second-order valence-electron chi connectivity index (χ2n) is 11.5. The second-order valence-corrected chi connectivity index (χ2v) is 11.5. The summed E-state index contributed by atoms with van der Waals surface area (Å²) in [5.74, 6) is -0.758. The number of rotatable bonds is 8. The highest BCUT2D eigenvalue weighted by atomic mass is 19.4. The topological polar surface area (TPSA) is 127 Å². The Hall–Kier alpha value is -4.41. The molecule has 0 amide bonds. The van der Waals surface area contributed by atoms with Crippen LogP contribution in [0.15, 0.2) is 58.5 Å². The standard InChI is InChI=1S/C32H35F3N6O4/c1-19-27(29(43)45-3)28(41-30(37-38-31(41)44)40(19)24-8-4-7-22(17-24)32(33,34)35)26-14-9-20(18-36)16-21(26)6-5-15-39(2)23-10-12-25(42)13-11-23/h4,7-9,14,16-17,23,25,28,42H,5-6,10-13,15H2,1-3H3,(H,38,44)/t23?,25?,28-/m1/s1. The van der Waals surface area contributed by atoms with Crippen LogP contribution in [-0.2, 0) is 22.1 Å². The van der Waals surface area contributed by atoms with Crippen molar-refractivity contribution in [3.8, 4) is 6.07 Å². The van der Waals surface area contributed by atoms with E-state index in [4.69, 9.17) is 4.74 Å². The molecule has 0 saturated heterocycles. The summed E-state index contributed by atoms with van der Waals surface area (Å²) in [6.45, 7) is 2.32. The van der Waals surface area contributed by atoms with Crippen molar-refractivity contribution >= 4 is 17.6 Å². The van der Waals surface area contributed by atoms with E-state index in [-0.39, 0.29) is 29.0 Å². The van der Waals surface area contributed by atoms with E-state index in [1.807, 2.05) is 0 Å². The van der Waals surface area contributed by atoms with E-state index in [0.29, 0.717) is 30.0 Å². The molecule has 2 aliphatic rings. The number of alkyl halides is 3. The summed E-state index contributed by atoms with van der Waals surface area (Å²) in [4.78, 5) is 30.4. The highest BCUT2D eigenvalue weighted by molar-refractivity contribution is 5.93. The monoisotopic (exact) mass is 624 g/mol. The molecular formula is C32H35F3N6O4. The smallest absolute Gasteiger partial charge is 0.416 e. The van der Waals surface area contributed by atoms with Gasteiger partial charge in [0, 0.05) is 17.4 Å². The number of ether oxygens (including phenoxy) is 1. The van der Waals surface area contributed by atoms with Gasteiger partial charge in [0.15, 0.2) is 0 Å². The first-order valence-corrected chi connectivity index (χ1v) is 14.8. The van der Waals surface area contributed by atoms with Crippen molar-refractivity contribution < 1.29 is 27.8 Å². The number of hydrogen-bond donors (Lipinski definition) is 2. The number of esters is 1. The van der Waals surface area contributed by atoms with Gasteiger partial charge in [0.2, 0.25) is 5.95 Å². The summed E-state index contributed by atoms with van der Waals surface area (Å²) in [6, 6.07) is 11.1. The van der Waals surface area contributed by atoms with Crippen molar-refractivity contribution in [2.45, 2.75) is 69.8 Å². The molecule has 3 aromatic rings. The van der Waals surface area contributed by atoms with E-state index in [0.717, 1.165) is 49.9 Å². The Labute approximate surface area is 258 Å². The molecule has 238 valence electrons. The third-order valence-electron chi connectivity index (χ3n) is 8.79. The highest BCUT2D eigenvalue weighted by Gasteiger charge is 2.41. The first kappa shape index (κ1) is 32.0. The van der Waals surface area contributed by atoms with Crippen LogP contribution in [0.25, 0.3) is 0 Å². The lowest BCUT2D eigenvalue weighted by atomic mass is 9.88. The van der Waals surface area contributed by atoms with Crippen molar-refractivity contribution in [2.75, 3.05) is 25.6 Å². The van der Waals surface area contributed by atoms with Crippen LogP contribution in [0.4, 0.5) is 24.8 Å². The lowest BCUT2D eigenvalue weighted by Crippen LogP contribution is -2.38. The number of methoxy groups -OCH3 is 1. The summed E-state index contributed by atoms with van der Waals surface area (Å²) in [5.41, 5.74) is 0.503. The predicted molar refractivity (Wildman–Crippen MR) is 160 cm³/mol. The van der Waals surface area contributed by atoms with Gasteiger partial charge in [-0.05, 0) is 100 Å². The maximum atomic E-state index is 13.6. The number of anilines is 2. The second kappa shape index (κ2) is 12.9. The Balaban J connectivity index is 1.57. The summed E-state index contributed by atoms with van der Waals surface area (Å²) in [6.07, 6.45) is -0.267. The van der Waals surface area contributed by atoms with Crippen molar-refractivity contribution in [2.24, 2.45) is 0 Å². The van der Waals surface area contributed by atoms with Gasteiger partial charge in [-0.15, -0.1) is 5.10 Å². The van der Waals surface area contributed by atoms with E-state index in [1.54, 1.807) is 25.1 Å². The Bertz CT molecular complexity index is 1700. The average molecular weight is 625 g/mol. The van der Waals surface area contributed by atoms with Crippen LogP contribution in [0.1, 0.15) is 67.3 Å². The van der Waals surface area contributed by atoms with Gasteiger partial charge >= 0.3 is 17.8 Å². The highest BCUT2D eigenvalue weighted by Crippen LogP contribution is 2.43. The van der Waals surface area contributed by atoms with Gasteiger partial charge in [-0.3, -0.25) is 4.90 Å². The summed E-state index contributed by atoms with van der Waals surface area (Å²) >= 11 is 0. The summed E-state index contributed by atoms with van der Waals surface area (Å²) in [7, 11) is 3.25. The Kier molecular flexibility index (Phi) is 9.18. The molecule has 0 bridgehead atoms. The van der Waals surface area contributed by atoms with Crippen molar-refractivity contribution in [1.29, 1.82) is 5.26 Å². The van der Waals surface area contributed by atoms with E-state index in [1.165, 1.54) is 28.7 Å². The molecule has 0 radical (unpaired) electrons. The lowest BCUT2D eigenvalue weighted by molar-refractivity contribution is -0.138. The molecule has 2 aromatic carbocycles. The third kappa shape index (κ3) is 6.39. The van der Waals surface area contributed by atoms with E-state index in [9.17, 15) is 33.1 Å². The minimum atomic E-state index is -4.62. The summed E-state index contributed by atoms with van der Waals surface area (Å²) in [5, 5.41) is 26.1. The zero-order valence-electron chi connectivity index (χ0n) is 25.3. The fraction of sp³-hybridized carbons (Fsp3) is 0.438. The number of allylic oxidation sites excluding steroid dienone is 1. The first-order valence-electron chi connectivity index (χ1n) is 14.8. The number of halogens is 3. The maximum Gasteiger partial charge on any atom is 0.416 e. The van der Waals surface area contributed by atoms with Gasteiger partial charge in [-0.25, -0.2) is 19.3 Å². The zero-order valence-corrected chi connectivity index (χ0v) is 25.3. The number of aromatic nitrogens is 3. The molecule has 1 aromatic heterocycles. The van der Waals surface area contributed by atoms with Crippen LogP contribution in [0.3, 0.4) is 0 Å². The number of nitrogens with one attached hydrogen (secondary N) is 1. The fourth-order valence-electron chi connectivity index (χ4n) is 6.44. The molecule has 2 heterocycles. The van der Waals surface area contributed by atoms with E-state index >= 15 is 0 Å². The molecule has 1 atom stereocenters. The Morgan fingerprint density at radius 3 is 2.60 bits per heavy atom. The van der Waals surface area contributed by atoms with Gasteiger partial charge < -0.3 is 14.7 Å². The fourth-order valence-corrected chi connectivity index (χ4v) is 6.44.